The number of pyridine rings is 1. The Labute approximate surface area is 114 Å². The zero-order valence-corrected chi connectivity index (χ0v) is 10.8. The second-order valence-electron chi connectivity index (χ2n) is 4.75. The molecule has 0 spiro atoms. The minimum Gasteiger partial charge on any atom is -0.300 e. The molecule has 0 saturated heterocycles. The average molecular weight is 270 g/mol. The van der Waals surface area contributed by atoms with Crippen LogP contribution in [0, 0.1) is 12.7 Å². The normalized spacial score (nSPS) is 13.8. The molecule has 0 saturated carbocycles. The fraction of sp³-hybridized carbons (Fsp3) is 0.133. The Kier molecular flexibility index (Phi) is 2.82. The lowest BCUT2D eigenvalue weighted by molar-refractivity contribution is -0.114. The van der Waals surface area contributed by atoms with E-state index >= 15 is 0 Å². The van der Waals surface area contributed by atoms with Gasteiger partial charge in [0.05, 0.1) is 24.0 Å². The third-order valence-corrected chi connectivity index (χ3v) is 3.23. The molecule has 0 bridgehead atoms. The molecule has 0 N–H and O–H groups in total. The van der Waals surface area contributed by atoms with Crippen LogP contribution >= 0.6 is 0 Å². The summed E-state index contributed by atoms with van der Waals surface area (Å²) in [5.74, 6) is -1.58. The van der Waals surface area contributed by atoms with E-state index in [4.69, 9.17) is 0 Å². The highest BCUT2D eigenvalue weighted by Crippen LogP contribution is 2.30. The van der Waals surface area contributed by atoms with Gasteiger partial charge in [-0.15, -0.1) is 0 Å². The van der Waals surface area contributed by atoms with Gasteiger partial charge in [0.2, 0.25) is 0 Å². The number of halogens is 1. The van der Waals surface area contributed by atoms with Gasteiger partial charge in [0.25, 0.3) is 11.7 Å². The van der Waals surface area contributed by atoms with Gasteiger partial charge in [-0.1, -0.05) is 11.6 Å². The summed E-state index contributed by atoms with van der Waals surface area (Å²) < 4.78 is 13.1. The van der Waals surface area contributed by atoms with E-state index in [1.807, 2.05) is 13.0 Å². The van der Waals surface area contributed by atoms with Crippen molar-refractivity contribution in [3.63, 3.8) is 0 Å². The molecule has 3 rings (SSSR count). The molecule has 0 fully saturated rings. The third-order valence-electron chi connectivity index (χ3n) is 3.23. The van der Waals surface area contributed by atoms with Crippen molar-refractivity contribution in [3.05, 3.63) is 59.2 Å². The van der Waals surface area contributed by atoms with Crippen LogP contribution in [-0.2, 0) is 11.3 Å². The Bertz CT molecular complexity index is 728. The van der Waals surface area contributed by atoms with Gasteiger partial charge < -0.3 is 4.90 Å². The number of hydrogen-bond donors (Lipinski definition) is 0. The number of benzene rings is 1. The molecule has 0 aliphatic carbocycles. The van der Waals surface area contributed by atoms with E-state index in [0.717, 1.165) is 11.8 Å². The predicted molar refractivity (Wildman–Crippen MR) is 70.9 cm³/mol. The van der Waals surface area contributed by atoms with Gasteiger partial charge in [-0.25, -0.2) is 4.39 Å². The molecule has 1 aromatic heterocycles. The van der Waals surface area contributed by atoms with E-state index in [1.54, 1.807) is 12.1 Å². The van der Waals surface area contributed by atoms with E-state index in [2.05, 4.69) is 4.98 Å². The second-order valence-corrected chi connectivity index (χ2v) is 4.75. The topological polar surface area (TPSA) is 50.3 Å². The maximum absolute atomic E-state index is 13.1. The van der Waals surface area contributed by atoms with Crippen LogP contribution in [0.1, 0.15) is 21.5 Å². The first kappa shape index (κ1) is 12.5. The SMILES string of the molecule is Cc1ccc2c(c1)C(=O)C(=O)N2Cc1cncc(F)c1. The smallest absolute Gasteiger partial charge is 0.299 e. The second kappa shape index (κ2) is 4.52. The lowest BCUT2D eigenvalue weighted by atomic mass is 10.1. The van der Waals surface area contributed by atoms with E-state index in [1.165, 1.54) is 17.2 Å². The molecule has 100 valence electrons. The molecule has 1 aromatic carbocycles. The van der Waals surface area contributed by atoms with Crippen LogP contribution in [-0.4, -0.2) is 16.7 Å². The van der Waals surface area contributed by atoms with Crippen LogP contribution < -0.4 is 4.90 Å². The number of hydrogen-bond acceptors (Lipinski definition) is 3. The fourth-order valence-corrected chi connectivity index (χ4v) is 2.30. The molecule has 1 aliphatic heterocycles. The van der Waals surface area contributed by atoms with E-state index in [-0.39, 0.29) is 6.54 Å². The van der Waals surface area contributed by atoms with Gasteiger partial charge in [-0.2, -0.15) is 0 Å². The number of aryl methyl sites for hydroxylation is 1. The summed E-state index contributed by atoms with van der Waals surface area (Å²) in [5.41, 5.74) is 2.42. The highest BCUT2D eigenvalue weighted by molar-refractivity contribution is 6.52. The highest BCUT2D eigenvalue weighted by atomic mass is 19.1. The quantitative estimate of drug-likeness (QED) is 0.786. The summed E-state index contributed by atoms with van der Waals surface area (Å²) in [6.45, 7) is 1.99. The number of carbonyl (C=O) groups excluding carboxylic acids is 2. The van der Waals surface area contributed by atoms with Crippen molar-refractivity contribution in [2.24, 2.45) is 0 Å². The van der Waals surface area contributed by atoms with Crippen LogP contribution in [0.25, 0.3) is 0 Å². The number of amides is 1. The number of fused-ring (bicyclic) bond motifs is 1. The molecule has 4 nitrogen and oxygen atoms in total. The van der Waals surface area contributed by atoms with Crippen LogP contribution in [0.4, 0.5) is 10.1 Å². The number of carbonyl (C=O) groups is 2. The van der Waals surface area contributed by atoms with Crippen molar-refractivity contribution >= 4 is 17.4 Å². The zero-order chi connectivity index (χ0) is 14.3. The van der Waals surface area contributed by atoms with Crippen LogP contribution in [0.2, 0.25) is 0 Å². The molecule has 2 aromatic rings. The van der Waals surface area contributed by atoms with Crippen LogP contribution in [0.15, 0.2) is 36.7 Å². The minimum atomic E-state index is -0.588. The van der Waals surface area contributed by atoms with E-state index in [0.29, 0.717) is 16.8 Å². The van der Waals surface area contributed by atoms with Crippen LogP contribution in [0.5, 0.6) is 0 Å². The Morgan fingerprint density at radius 3 is 2.75 bits per heavy atom. The maximum atomic E-state index is 13.1. The molecule has 20 heavy (non-hydrogen) atoms. The Morgan fingerprint density at radius 1 is 1.20 bits per heavy atom. The number of anilines is 1. The van der Waals surface area contributed by atoms with Crippen molar-refractivity contribution in [2.75, 3.05) is 4.90 Å². The zero-order valence-electron chi connectivity index (χ0n) is 10.8. The fourth-order valence-electron chi connectivity index (χ4n) is 2.30. The molecule has 1 amide bonds. The summed E-state index contributed by atoms with van der Waals surface area (Å²) in [5, 5.41) is 0. The number of nitrogens with zero attached hydrogens (tertiary/aromatic N) is 2. The monoisotopic (exact) mass is 270 g/mol. The Morgan fingerprint density at radius 2 is 2.00 bits per heavy atom. The van der Waals surface area contributed by atoms with Gasteiger partial charge in [-0.3, -0.25) is 14.6 Å². The molecule has 1 aliphatic rings. The largest absolute Gasteiger partial charge is 0.300 e. The summed E-state index contributed by atoms with van der Waals surface area (Å²) in [4.78, 5) is 29.1. The first-order valence-corrected chi connectivity index (χ1v) is 6.12. The molecule has 0 unspecified atom stereocenters. The summed E-state index contributed by atoms with van der Waals surface area (Å²) in [6.07, 6.45) is 2.57. The number of Topliss-reactive ketones (excluding diaryl/α,β-unsaturated/α-hetero) is 1. The van der Waals surface area contributed by atoms with Crippen molar-refractivity contribution in [2.45, 2.75) is 13.5 Å². The molecule has 2 heterocycles. The van der Waals surface area contributed by atoms with Crippen molar-refractivity contribution in [1.29, 1.82) is 0 Å². The summed E-state index contributed by atoms with van der Waals surface area (Å²) >= 11 is 0. The first-order valence-electron chi connectivity index (χ1n) is 6.12. The van der Waals surface area contributed by atoms with Gasteiger partial charge in [-0.05, 0) is 30.7 Å². The highest BCUT2D eigenvalue weighted by Gasteiger charge is 2.35. The maximum Gasteiger partial charge on any atom is 0.299 e. The predicted octanol–water partition coefficient (Wildman–Crippen LogP) is 2.26. The number of rotatable bonds is 2. The van der Waals surface area contributed by atoms with Crippen LogP contribution in [0.3, 0.4) is 0 Å². The average Bonchev–Trinajstić information content (AvgIpc) is 2.64. The van der Waals surface area contributed by atoms with Crippen molar-refractivity contribution in [1.82, 2.24) is 4.98 Å². The minimum absolute atomic E-state index is 0.130. The number of aromatic nitrogens is 1. The third kappa shape index (κ3) is 1.97. The summed E-state index contributed by atoms with van der Waals surface area (Å²) in [6, 6.07) is 6.57. The van der Waals surface area contributed by atoms with Gasteiger partial charge >= 0.3 is 0 Å². The van der Waals surface area contributed by atoms with Gasteiger partial charge in [0.1, 0.15) is 5.82 Å². The Hall–Kier alpha value is -2.56. The molecular weight excluding hydrogens is 259 g/mol. The lowest BCUT2D eigenvalue weighted by Gasteiger charge is -2.16. The van der Waals surface area contributed by atoms with E-state index in [9.17, 15) is 14.0 Å². The lowest BCUT2D eigenvalue weighted by Crippen LogP contribution is -2.29. The molecule has 5 heteroatoms. The molecule has 0 atom stereocenters. The number of ketones is 1. The molecule has 0 radical (unpaired) electrons. The molecular formula is C15H11FN2O2. The van der Waals surface area contributed by atoms with Gasteiger partial charge in [0.15, 0.2) is 0 Å². The van der Waals surface area contributed by atoms with Gasteiger partial charge in [0, 0.05) is 6.20 Å². The standard InChI is InChI=1S/C15H11FN2O2/c1-9-2-3-13-12(4-9)14(19)15(20)18(13)8-10-5-11(16)7-17-6-10/h2-7H,8H2,1H3. The first-order chi connectivity index (χ1) is 9.56. The van der Waals surface area contributed by atoms with Crippen molar-refractivity contribution < 1.29 is 14.0 Å². The summed E-state index contributed by atoms with van der Waals surface area (Å²) in [7, 11) is 0. The van der Waals surface area contributed by atoms with E-state index < -0.39 is 17.5 Å². The Balaban J connectivity index is 1.99. The van der Waals surface area contributed by atoms with Crippen molar-refractivity contribution in [3.8, 4) is 0 Å².